The number of hydroxylamine groups is 2. The molecule has 2 unspecified atom stereocenters. The summed E-state index contributed by atoms with van der Waals surface area (Å²) in [7, 11) is 3.75. The zero-order valence-corrected chi connectivity index (χ0v) is 26.8. The lowest BCUT2D eigenvalue weighted by molar-refractivity contribution is -0.209. The van der Waals surface area contributed by atoms with Gasteiger partial charge in [-0.25, -0.2) is 0 Å². The molecule has 2 aromatic rings. The minimum Gasteiger partial charge on any atom is -0.493 e. The lowest BCUT2D eigenvalue weighted by Crippen LogP contribution is -2.40. The number of hydrogen-bond acceptors (Lipinski definition) is 6. The molecule has 2 heterocycles. The van der Waals surface area contributed by atoms with E-state index in [2.05, 4.69) is 63.8 Å². The molecule has 1 fully saturated rings. The molecule has 2 aromatic carbocycles. The summed E-state index contributed by atoms with van der Waals surface area (Å²) in [6.07, 6.45) is 9.47. The molecule has 0 amide bonds. The van der Waals surface area contributed by atoms with E-state index in [1.54, 1.807) is 5.06 Å². The van der Waals surface area contributed by atoms with Crippen molar-refractivity contribution in [3.8, 4) is 11.5 Å². The third-order valence-corrected chi connectivity index (χ3v) is 8.84. The normalized spacial score (nSPS) is 20.7. The molecule has 0 spiro atoms. The van der Waals surface area contributed by atoms with E-state index in [0.717, 1.165) is 69.5 Å². The Kier molecular flexibility index (Phi) is 11.4. The maximum atomic E-state index is 6.97. The summed E-state index contributed by atoms with van der Waals surface area (Å²) in [6, 6.07) is 9.18. The molecule has 1 saturated heterocycles. The molecule has 0 N–H and O–H groups in total. The first-order valence-electron chi connectivity index (χ1n) is 16.1. The largest absolute Gasteiger partial charge is 0.493 e. The quantitative estimate of drug-likeness (QED) is 0.133. The monoisotopic (exact) mass is 566 g/mol. The van der Waals surface area contributed by atoms with Crippen LogP contribution < -0.4 is 14.4 Å². The lowest BCUT2D eigenvalue weighted by atomic mass is 9.82. The Morgan fingerprint density at radius 2 is 1.80 bits per heavy atom. The maximum absolute atomic E-state index is 6.97. The van der Waals surface area contributed by atoms with Gasteiger partial charge in [0.2, 0.25) is 0 Å². The minimum absolute atomic E-state index is 0.225. The van der Waals surface area contributed by atoms with Crippen molar-refractivity contribution in [1.29, 1.82) is 0 Å². The van der Waals surface area contributed by atoms with Crippen molar-refractivity contribution in [2.24, 2.45) is 0 Å². The average molecular weight is 567 g/mol. The fourth-order valence-corrected chi connectivity index (χ4v) is 6.87. The lowest BCUT2D eigenvalue weighted by Gasteiger charge is -2.29. The number of hydrogen-bond donors (Lipinski definition) is 0. The van der Waals surface area contributed by atoms with E-state index in [0.29, 0.717) is 19.1 Å². The van der Waals surface area contributed by atoms with Gasteiger partial charge in [-0.3, -0.25) is 4.84 Å². The molecular weight excluding hydrogens is 512 g/mol. The minimum atomic E-state index is -0.392. The van der Waals surface area contributed by atoms with Gasteiger partial charge in [0, 0.05) is 50.4 Å². The molecule has 0 aromatic heterocycles. The zero-order valence-electron chi connectivity index (χ0n) is 26.8. The van der Waals surface area contributed by atoms with Crippen LogP contribution in [0.1, 0.15) is 100.0 Å². The van der Waals surface area contributed by atoms with Gasteiger partial charge >= 0.3 is 0 Å². The summed E-state index contributed by atoms with van der Waals surface area (Å²) in [5.74, 6) is 2.63. The second kappa shape index (κ2) is 14.8. The predicted molar refractivity (Wildman–Crippen MR) is 169 cm³/mol. The topological polar surface area (TPSA) is 43.4 Å². The van der Waals surface area contributed by atoms with E-state index in [9.17, 15) is 0 Å². The Labute approximate surface area is 249 Å². The number of ether oxygens (including phenoxy) is 3. The van der Waals surface area contributed by atoms with Crippen molar-refractivity contribution in [2.45, 2.75) is 104 Å². The highest BCUT2D eigenvalue weighted by Gasteiger charge is 2.44. The van der Waals surface area contributed by atoms with Crippen molar-refractivity contribution in [1.82, 2.24) is 5.06 Å². The number of aryl methyl sites for hydroxylation is 1. The third kappa shape index (κ3) is 7.39. The second-order valence-electron chi connectivity index (χ2n) is 12.1. The van der Waals surface area contributed by atoms with Crippen LogP contribution in [0.4, 0.5) is 5.69 Å². The van der Waals surface area contributed by atoms with E-state index < -0.39 is 5.60 Å². The Morgan fingerprint density at radius 1 is 1.02 bits per heavy atom. The summed E-state index contributed by atoms with van der Waals surface area (Å²) >= 11 is 0. The van der Waals surface area contributed by atoms with Crippen molar-refractivity contribution < 1.29 is 19.0 Å². The molecule has 6 heteroatoms. The molecule has 0 saturated carbocycles. The van der Waals surface area contributed by atoms with E-state index in [1.165, 1.54) is 46.3 Å². The van der Waals surface area contributed by atoms with E-state index in [1.807, 2.05) is 14.1 Å². The number of nitrogens with zero attached hydrogens (tertiary/aromatic N) is 2. The molecule has 0 radical (unpaired) electrons. The van der Waals surface area contributed by atoms with E-state index in [-0.39, 0.29) is 6.79 Å². The van der Waals surface area contributed by atoms with Crippen LogP contribution in [0.25, 0.3) is 0 Å². The zero-order chi connectivity index (χ0) is 29.4. The van der Waals surface area contributed by atoms with Crippen LogP contribution in [0, 0.1) is 6.92 Å². The van der Waals surface area contributed by atoms with E-state index >= 15 is 0 Å². The molecule has 0 aliphatic carbocycles. The average Bonchev–Trinajstić information content (AvgIpc) is 3.16. The van der Waals surface area contributed by atoms with Gasteiger partial charge in [0.05, 0.1) is 13.2 Å². The van der Waals surface area contributed by atoms with Crippen molar-refractivity contribution in [3.63, 3.8) is 0 Å². The standard InChI is InChI=1S/C35H54N2O4/c1-8-13-30-26(5)32(28-14-12-21-37(22-19-28)29-17-15-27(10-3)16-18-29)34(39-11-4)31-23-35(20-9-2,41-33(30)31)24-38-25-40-36(6)7/h15-18,28H,8-14,19-25H2,1-7H3. The first-order valence-corrected chi connectivity index (χ1v) is 16.1. The molecular formula is C35H54N2O4. The highest BCUT2D eigenvalue weighted by molar-refractivity contribution is 5.63. The fourth-order valence-electron chi connectivity index (χ4n) is 6.87. The van der Waals surface area contributed by atoms with Crippen LogP contribution in [-0.4, -0.2) is 57.9 Å². The summed E-state index contributed by atoms with van der Waals surface area (Å²) in [5, 5.41) is 1.67. The van der Waals surface area contributed by atoms with Gasteiger partial charge in [-0.05, 0) is 87.1 Å². The predicted octanol–water partition coefficient (Wildman–Crippen LogP) is 7.62. The summed E-state index contributed by atoms with van der Waals surface area (Å²) in [6.45, 7) is 14.7. The van der Waals surface area contributed by atoms with Gasteiger partial charge in [-0.2, -0.15) is 5.06 Å². The molecule has 6 nitrogen and oxygen atoms in total. The first-order chi connectivity index (χ1) is 19.9. The van der Waals surface area contributed by atoms with Gasteiger partial charge in [0.15, 0.2) is 6.79 Å². The molecule has 2 aliphatic rings. The van der Waals surface area contributed by atoms with Crippen LogP contribution in [0.5, 0.6) is 11.5 Å². The van der Waals surface area contributed by atoms with Crippen LogP contribution in [0.2, 0.25) is 0 Å². The summed E-state index contributed by atoms with van der Waals surface area (Å²) in [5.41, 5.74) is 7.81. The van der Waals surface area contributed by atoms with Crippen molar-refractivity contribution in [3.05, 3.63) is 52.1 Å². The Bertz CT molecular complexity index is 1120. The Balaban J connectivity index is 1.66. The number of benzene rings is 2. The highest BCUT2D eigenvalue weighted by atomic mass is 16.8. The van der Waals surface area contributed by atoms with Gasteiger partial charge in [0.1, 0.15) is 17.1 Å². The SMILES string of the molecule is CCCc1c(C)c(C2CCCN(c3ccc(CC)cc3)CC2)c(OCC)c2c1OC(CCC)(COCON(C)C)C2. The van der Waals surface area contributed by atoms with Crippen molar-refractivity contribution >= 4 is 5.69 Å². The maximum Gasteiger partial charge on any atom is 0.167 e. The van der Waals surface area contributed by atoms with Gasteiger partial charge in [-0.1, -0.05) is 45.7 Å². The van der Waals surface area contributed by atoms with Crippen LogP contribution >= 0.6 is 0 Å². The molecule has 41 heavy (non-hydrogen) atoms. The van der Waals surface area contributed by atoms with E-state index in [4.69, 9.17) is 19.0 Å². The second-order valence-corrected chi connectivity index (χ2v) is 12.1. The van der Waals surface area contributed by atoms with Crippen LogP contribution in [0.3, 0.4) is 0 Å². The highest BCUT2D eigenvalue weighted by Crippen LogP contribution is 2.51. The molecule has 228 valence electrons. The molecule has 2 atom stereocenters. The van der Waals surface area contributed by atoms with Crippen LogP contribution in [-0.2, 0) is 28.8 Å². The molecule has 0 bridgehead atoms. The third-order valence-electron chi connectivity index (χ3n) is 8.84. The first kappa shape index (κ1) is 31.7. The van der Waals surface area contributed by atoms with Gasteiger partial charge in [0.25, 0.3) is 0 Å². The number of rotatable bonds is 14. The van der Waals surface area contributed by atoms with Crippen LogP contribution in [0.15, 0.2) is 24.3 Å². The molecule has 2 aliphatic heterocycles. The summed E-state index contributed by atoms with van der Waals surface area (Å²) in [4.78, 5) is 8.12. The molecule has 4 rings (SSSR count). The smallest absolute Gasteiger partial charge is 0.167 e. The van der Waals surface area contributed by atoms with Crippen molar-refractivity contribution in [2.75, 3.05) is 52.1 Å². The fraction of sp³-hybridized carbons (Fsp3) is 0.657. The number of fused-ring (bicyclic) bond motifs is 1. The van der Waals surface area contributed by atoms with Gasteiger partial charge in [-0.15, -0.1) is 0 Å². The Hall–Kier alpha value is -2.28. The number of anilines is 1. The van der Waals surface area contributed by atoms with Gasteiger partial charge < -0.3 is 19.1 Å². The Morgan fingerprint density at radius 3 is 2.46 bits per heavy atom. The summed E-state index contributed by atoms with van der Waals surface area (Å²) < 4.78 is 19.6.